The van der Waals surface area contributed by atoms with Gasteiger partial charge in [0, 0.05) is 31.9 Å². The van der Waals surface area contributed by atoms with Crippen molar-refractivity contribution < 1.29 is 9.90 Å². The van der Waals surface area contributed by atoms with Crippen LogP contribution in [0.1, 0.15) is 56.3 Å². The molecule has 1 atom stereocenters. The van der Waals surface area contributed by atoms with E-state index in [0.717, 1.165) is 64.1 Å². The molecular weight excluding hydrogens is 340 g/mol. The standard InChI is InChI=1S/C21H34N4O2/c1-15(2)13-25-10-9-16(14-25)11-23-21(27)17-3-8-20(22-12-17)24-18-4-6-19(26)7-5-18/h3,8,12,15-16,18-19,26H,4-7,9-11,13-14H2,1-2H3,(H,22,24)(H,23,27)/t16-,18?,19?/m1/s1. The third-order valence-electron chi connectivity index (χ3n) is 5.62. The maximum Gasteiger partial charge on any atom is 0.252 e. The van der Waals surface area contributed by atoms with Gasteiger partial charge in [-0.1, -0.05) is 13.8 Å². The average Bonchev–Trinajstić information content (AvgIpc) is 3.09. The molecule has 3 N–H and O–H groups in total. The summed E-state index contributed by atoms with van der Waals surface area (Å²) in [7, 11) is 0. The SMILES string of the molecule is CC(C)CN1CC[C@H](CNC(=O)c2ccc(NC3CCC(O)CC3)nc2)C1. The Morgan fingerprint density at radius 3 is 2.70 bits per heavy atom. The van der Waals surface area contributed by atoms with Crippen LogP contribution >= 0.6 is 0 Å². The van der Waals surface area contributed by atoms with E-state index in [4.69, 9.17) is 0 Å². The van der Waals surface area contributed by atoms with Gasteiger partial charge in [-0.15, -0.1) is 0 Å². The molecule has 0 spiro atoms. The van der Waals surface area contributed by atoms with Gasteiger partial charge in [-0.05, 0) is 62.6 Å². The molecule has 0 unspecified atom stereocenters. The number of aromatic nitrogens is 1. The first kappa shape index (κ1) is 20.1. The summed E-state index contributed by atoms with van der Waals surface area (Å²) in [5, 5.41) is 16.1. The van der Waals surface area contributed by atoms with Crippen LogP contribution in [0.25, 0.3) is 0 Å². The van der Waals surface area contributed by atoms with E-state index >= 15 is 0 Å². The van der Waals surface area contributed by atoms with Crippen molar-refractivity contribution in [3.05, 3.63) is 23.9 Å². The van der Waals surface area contributed by atoms with Crippen LogP contribution in [0.2, 0.25) is 0 Å². The zero-order chi connectivity index (χ0) is 19.2. The summed E-state index contributed by atoms with van der Waals surface area (Å²) >= 11 is 0. The molecule has 6 heteroatoms. The summed E-state index contributed by atoms with van der Waals surface area (Å²) in [6, 6.07) is 4.07. The van der Waals surface area contributed by atoms with E-state index in [2.05, 4.69) is 34.4 Å². The van der Waals surface area contributed by atoms with Crippen molar-refractivity contribution in [2.45, 2.75) is 58.1 Å². The number of carbonyl (C=O) groups excluding carboxylic acids is 1. The Bertz CT molecular complexity index is 597. The van der Waals surface area contributed by atoms with Crippen molar-refractivity contribution in [2.75, 3.05) is 31.5 Å². The molecule has 1 saturated heterocycles. The number of rotatable bonds is 7. The van der Waals surface area contributed by atoms with Gasteiger partial charge in [-0.25, -0.2) is 4.98 Å². The number of likely N-dealkylation sites (tertiary alicyclic amines) is 1. The number of nitrogens with zero attached hydrogens (tertiary/aromatic N) is 2. The molecule has 27 heavy (non-hydrogen) atoms. The molecule has 1 aliphatic heterocycles. The maximum absolute atomic E-state index is 12.4. The minimum absolute atomic E-state index is 0.0443. The zero-order valence-corrected chi connectivity index (χ0v) is 16.7. The van der Waals surface area contributed by atoms with Crippen LogP contribution in [-0.2, 0) is 0 Å². The fourth-order valence-corrected chi connectivity index (χ4v) is 4.14. The molecular formula is C21H34N4O2. The summed E-state index contributed by atoms with van der Waals surface area (Å²) in [5.41, 5.74) is 0.608. The van der Waals surface area contributed by atoms with Gasteiger partial charge in [0.05, 0.1) is 11.7 Å². The second kappa shape index (κ2) is 9.51. The number of hydrogen-bond acceptors (Lipinski definition) is 5. The van der Waals surface area contributed by atoms with E-state index in [1.165, 1.54) is 0 Å². The topological polar surface area (TPSA) is 77.5 Å². The lowest BCUT2D eigenvalue weighted by Gasteiger charge is -2.26. The van der Waals surface area contributed by atoms with E-state index in [0.29, 0.717) is 23.4 Å². The molecule has 1 aromatic heterocycles. The van der Waals surface area contributed by atoms with Crippen LogP contribution in [0.15, 0.2) is 18.3 Å². The lowest BCUT2D eigenvalue weighted by Crippen LogP contribution is -2.32. The predicted octanol–water partition coefficient (Wildman–Crippen LogP) is 2.50. The quantitative estimate of drug-likeness (QED) is 0.684. The Morgan fingerprint density at radius 1 is 1.26 bits per heavy atom. The summed E-state index contributed by atoms with van der Waals surface area (Å²) in [4.78, 5) is 19.3. The highest BCUT2D eigenvalue weighted by Gasteiger charge is 2.23. The largest absolute Gasteiger partial charge is 0.393 e. The molecule has 0 bridgehead atoms. The highest BCUT2D eigenvalue weighted by Crippen LogP contribution is 2.21. The Kier molecular flexibility index (Phi) is 7.07. The maximum atomic E-state index is 12.4. The second-order valence-corrected chi connectivity index (χ2v) is 8.60. The second-order valence-electron chi connectivity index (χ2n) is 8.60. The van der Waals surface area contributed by atoms with Crippen LogP contribution in [0.4, 0.5) is 5.82 Å². The average molecular weight is 375 g/mol. The minimum Gasteiger partial charge on any atom is -0.393 e. The first-order chi connectivity index (χ1) is 13.0. The van der Waals surface area contributed by atoms with Crippen molar-refractivity contribution in [1.82, 2.24) is 15.2 Å². The highest BCUT2D eigenvalue weighted by atomic mass is 16.3. The molecule has 1 aromatic rings. The van der Waals surface area contributed by atoms with Gasteiger partial charge in [0.2, 0.25) is 0 Å². The molecule has 6 nitrogen and oxygen atoms in total. The first-order valence-corrected chi connectivity index (χ1v) is 10.4. The monoisotopic (exact) mass is 374 g/mol. The highest BCUT2D eigenvalue weighted by molar-refractivity contribution is 5.94. The Balaban J connectivity index is 1.41. The molecule has 2 heterocycles. The van der Waals surface area contributed by atoms with Gasteiger partial charge in [-0.3, -0.25) is 4.79 Å². The molecule has 1 amide bonds. The summed E-state index contributed by atoms with van der Waals surface area (Å²) in [5.74, 6) is 1.99. The number of nitrogens with one attached hydrogen (secondary N) is 2. The van der Waals surface area contributed by atoms with Gasteiger partial charge >= 0.3 is 0 Å². The molecule has 2 fully saturated rings. The number of aliphatic hydroxyl groups is 1. The first-order valence-electron chi connectivity index (χ1n) is 10.4. The van der Waals surface area contributed by atoms with Gasteiger partial charge < -0.3 is 20.6 Å². The smallest absolute Gasteiger partial charge is 0.252 e. The minimum atomic E-state index is -0.153. The Hall–Kier alpha value is -1.66. The number of anilines is 1. The Morgan fingerprint density at radius 2 is 2.04 bits per heavy atom. The fourth-order valence-electron chi connectivity index (χ4n) is 4.14. The molecule has 1 aliphatic carbocycles. The van der Waals surface area contributed by atoms with Gasteiger partial charge in [0.25, 0.3) is 5.91 Å². The van der Waals surface area contributed by atoms with E-state index in [-0.39, 0.29) is 12.0 Å². The molecule has 0 radical (unpaired) electrons. The number of hydrogen-bond donors (Lipinski definition) is 3. The normalized spacial score (nSPS) is 26.3. The van der Waals surface area contributed by atoms with Crippen molar-refractivity contribution in [3.8, 4) is 0 Å². The molecule has 0 aromatic carbocycles. The van der Waals surface area contributed by atoms with Crippen LogP contribution in [0.5, 0.6) is 0 Å². The van der Waals surface area contributed by atoms with Crippen molar-refractivity contribution in [3.63, 3.8) is 0 Å². The van der Waals surface area contributed by atoms with Gasteiger partial charge in [0.1, 0.15) is 5.82 Å². The van der Waals surface area contributed by atoms with Crippen molar-refractivity contribution in [1.29, 1.82) is 0 Å². The molecule has 3 rings (SSSR count). The number of carbonyl (C=O) groups is 1. The van der Waals surface area contributed by atoms with Crippen LogP contribution in [0, 0.1) is 11.8 Å². The van der Waals surface area contributed by atoms with E-state index in [1.54, 1.807) is 6.20 Å². The van der Waals surface area contributed by atoms with Crippen molar-refractivity contribution in [2.24, 2.45) is 11.8 Å². The van der Waals surface area contributed by atoms with Crippen molar-refractivity contribution >= 4 is 11.7 Å². The van der Waals surface area contributed by atoms with E-state index in [1.807, 2.05) is 12.1 Å². The fraction of sp³-hybridized carbons (Fsp3) is 0.714. The zero-order valence-electron chi connectivity index (χ0n) is 16.7. The molecule has 1 saturated carbocycles. The summed E-state index contributed by atoms with van der Waals surface area (Å²) in [6.45, 7) is 8.59. The summed E-state index contributed by atoms with van der Waals surface area (Å²) < 4.78 is 0. The number of pyridine rings is 1. The molecule has 2 aliphatic rings. The Labute approximate surface area is 162 Å². The van der Waals surface area contributed by atoms with Gasteiger partial charge in [0.15, 0.2) is 0 Å². The van der Waals surface area contributed by atoms with E-state index < -0.39 is 0 Å². The van der Waals surface area contributed by atoms with Crippen LogP contribution in [-0.4, -0.2) is 59.2 Å². The van der Waals surface area contributed by atoms with E-state index in [9.17, 15) is 9.90 Å². The number of amides is 1. The molecule has 150 valence electrons. The predicted molar refractivity (Wildman–Crippen MR) is 108 cm³/mol. The van der Waals surface area contributed by atoms with Crippen LogP contribution in [0.3, 0.4) is 0 Å². The lowest BCUT2D eigenvalue weighted by molar-refractivity contribution is 0.0946. The lowest BCUT2D eigenvalue weighted by atomic mass is 9.93. The number of aliphatic hydroxyl groups excluding tert-OH is 1. The van der Waals surface area contributed by atoms with Crippen LogP contribution < -0.4 is 10.6 Å². The summed E-state index contributed by atoms with van der Waals surface area (Å²) in [6.07, 6.45) is 6.25. The third kappa shape index (κ3) is 6.18. The third-order valence-corrected chi connectivity index (χ3v) is 5.62. The van der Waals surface area contributed by atoms with Gasteiger partial charge in [-0.2, -0.15) is 0 Å².